The minimum atomic E-state index is 0.249. The van der Waals surface area contributed by atoms with Gasteiger partial charge in [-0.3, -0.25) is 4.79 Å². The Balaban J connectivity index is 2.20. The van der Waals surface area contributed by atoms with Crippen LogP contribution in [0.15, 0.2) is 0 Å². The molecule has 0 saturated carbocycles. The van der Waals surface area contributed by atoms with Gasteiger partial charge >= 0.3 is 0 Å². The average Bonchev–Trinajstić information content (AvgIpc) is 2.17. The third kappa shape index (κ3) is 0.948. The van der Waals surface area contributed by atoms with Crippen molar-refractivity contribution in [3.63, 3.8) is 0 Å². The Morgan fingerprint density at radius 1 is 1.55 bits per heavy atom. The summed E-state index contributed by atoms with van der Waals surface area (Å²) in [5, 5.41) is 3.02. The van der Waals surface area contributed by atoms with Crippen LogP contribution in [0.2, 0.25) is 0 Å². The highest BCUT2D eigenvalue weighted by molar-refractivity contribution is 5.82. The van der Waals surface area contributed by atoms with Crippen LogP contribution in [-0.4, -0.2) is 37.0 Å². The van der Waals surface area contributed by atoms with E-state index in [1.54, 1.807) is 0 Å². The third-order valence-electron chi connectivity index (χ3n) is 2.95. The van der Waals surface area contributed by atoms with Crippen LogP contribution in [0.1, 0.15) is 6.92 Å². The van der Waals surface area contributed by atoms with Gasteiger partial charge in [0.1, 0.15) is 0 Å². The van der Waals surface area contributed by atoms with E-state index in [9.17, 15) is 4.79 Å². The fourth-order valence-electron chi connectivity index (χ4n) is 2.15. The van der Waals surface area contributed by atoms with Gasteiger partial charge in [-0.1, -0.05) is 6.92 Å². The highest BCUT2D eigenvalue weighted by Crippen LogP contribution is 2.28. The van der Waals surface area contributed by atoms with Crippen LogP contribution in [0.4, 0.5) is 0 Å². The molecule has 2 fully saturated rings. The minimum Gasteiger partial charge on any atom is -0.351 e. The summed E-state index contributed by atoms with van der Waals surface area (Å²) in [6, 6.07) is 0.409. The van der Waals surface area contributed by atoms with E-state index in [0.29, 0.717) is 12.0 Å². The molecule has 0 spiro atoms. The smallest absolute Gasteiger partial charge is 0.225 e. The van der Waals surface area contributed by atoms with Crippen molar-refractivity contribution >= 4 is 5.91 Å². The molecule has 3 heteroatoms. The van der Waals surface area contributed by atoms with Gasteiger partial charge in [0.25, 0.3) is 0 Å². The molecule has 2 aliphatic heterocycles. The van der Waals surface area contributed by atoms with Crippen molar-refractivity contribution in [3.8, 4) is 0 Å². The number of carbonyl (C=O) groups is 1. The molecule has 2 bridgehead atoms. The van der Waals surface area contributed by atoms with Crippen molar-refractivity contribution in [1.29, 1.82) is 0 Å². The molecule has 0 radical (unpaired) electrons. The van der Waals surface area contributed by atoms with Gasteiger partial charge in [0.15, 0.2) is 0 Å². The molecule has 0 aliphatic carbocycles. The summed E-state index contributed by atoms with van der Waals surface area (Å²) in [5.41, 5.74) is 0. The molecule has 3 atom stereocenters. The summed E-state index contributed by atoms with van der Waals surface area (Å²) in [4.78, 5) is 13.5. The quantitative estimate of drug-likeness (QED) is 0.519. The fourth-order valence-corrected chi connectivity index (χ4v) is 2.15. The second-order valence-electron chi connectivity index (χ2n) is 3.80. The predicted octanol–water partition coefficient (Wildman–Crippen LogP) is -0.317. The van der Waals surface area contributed by atoms with Gasteiger partial charge < -0.3 is 10.2 Å². The number of likely N-dealkylation sites (tertiary alicyclic amines) is 1. The Bertz CT molecular complexity index is 193. The highest BCUT2D eigenvalue weighted by atomic mass is 16.2. The van der Waals surface area contributed by atoms with Gasteiger partial charge in [-0.05, 0) is 13.0 Å². The van der Waals surface area contributed by atoms with Crippen LogP contribution in [0, 0.1) is 11.8 Å². The van der Waals surface area contributed by atoms with E-state index in [2.05, 4.69) is 24.2 Å². The molecular formula is C8H14N2O. The van der Waals surface area contributed by atoms with Crippen molar-refractivity contribution in [2.24, 2.45) is 11.8 Å². The molecule has 1 amide bonds. The molecule has 1 N–H and O–H groups in total. The molecule has 0 aromatic heterocycles. The highest BCUT2D eigenvalue weighted by Gasteiger charge is 2.43. The largest absolute Gasteiger partial charge is 0.351 e. The van der Waals surface area contributed by atoms with E-state index in [1.165, 1.54) is 0 Å². The van der Waals surface area contributed by atoms with E-state index in [1.807, 2.05) is 0 Å². The lowest BCUT2D eigenvalue weighted by Gasteiger charge is -2.31. The van der Waals surface area contributed by atoms with Crippen LogP contribution >= 0.6 is 0 Å². The lowest BCUT2D eigenvalue weighted by Crippen LogP contribution is -2.43. The number of likely N-dealkylation sites (N-methyl/N-ethyl adjacent to an activating group) is 1. The van der Waals surface area contributed by atoms with Gasteiger partial charge in [0.2, 0.25) is 5.91 Å². The molecule has 3 unspecified atom stereocenters. The monoisotopic (exact) mass is 154 g/mol. The van der Waals surface area contributed by atoms with Crippen LogP contribution in [0.3, 0.4) is 0 Å². The van der Waals surface area contributed by atoms with Gasteiger partial charge in [0, 0.05) is 19.1 Å². The molecule has 2 aliphatic rings. The van der Waals surface area contributed by atoms with Crippen LogP contribution in [0.5, 0.6) is 0 Å². The molecular weight excluding hydrogens is 140 g/mol. The number of amides is 1. The number of carbonyl (C=O) groups excluding carboxylic acids is 1. The van der Waals surface area contributed by atoms with E-state index in [0.717, 1.165) is 13.1 Å². The molecule has 3 nitrogen and oxygen atoms in total. The van der Waals surface area contributed by atoms with Crippen LogP contribution < -0.4 is 5.32 Å². The Morgan fingerprint density at radius 2 is 2.27 bits per heavy atom. The molecule has 2 saturated heterocycles. The zero-order valence-corrected chi connectivity index (χ0v) is 7.00. The SMILES string of the molecule is CC1C2CN(C)CC1C(=O)N2. The second kappa shape index (κ2) is 2.21. The number of nitrogens with one attached hydrogen (secondary N) is 1. The maximum Gasteiger partial charge on any atom is 0.225 e. The summed E-state index contributed by atoms with van der Waals surface area (Å²) in [7, 11) is 2.08. The van der Waals surface area contributed by atoms with Gasteiger partial charge in [0.05, 0.1) is 5.92 Å². The first-order chi connectivity index (χ1) is 5.18. The Labute approximate surface area is 66.8 Å². The molecule has 11 heavy (non-hydrogen) atoms. The van der Waals surface area contributed by atoms with Crippen molar-refractivity contribution in [1.82, 2.24) is 10.2 Å². The lowest BCUT2D eigenvalue weighted by atomic mass is 9.88. The lowest BCUT2D eigenvalue weighted by molar-refractivity contribution is -0.123. The van der Waals surface area contributed by atoms with E-state index in [-0.39, 0.29) is 11.8 Å². The van der Waals surface area contributed by atoms with E-state index < -0.39 is 0 Å². The van der Waals surface area contributed by atoms with Crippen molar-refractivity contribution in [2.45, 2.75) is 13.0 Å². The Hall–Kier alpha value is -0.570. The van der Waals surface area contributed by atoms with Crippen molar-refractivity contribution < 1.29 is 4.79 Å². The van der Waals surface area contributed by atoms with E-state index >= 15 is 0 Å². The van der Waals surface area contributed by atoms with E-state index in [4.69, 9.17) is 0 Å². The van der Waals surface area contributed by atoms with Crippen LogP contribution in [-0.2, 0) is 4.79 Å². The first-order valence-corrected chi connectivity index (χ1v) is 4.17. The molecule has 62 valence electrons. The number of fused-ring (bicyclic) bond motifs is 2. The first kappa shape index (κ1) is 7.10. The second-order valence-corrected chi connectivity index (χ2v) is 3.80. The first-order valence-electron chi connectivity index (χ1n) is 4.17. The fraction of sp³-hybridized carbons (Fsp3) is 0.875. The number of hydrogen-bond donors (Lipinski definition) is 1. The zero-order chi connectivity index (χ0) is 8.01. The van der Waals surface area contributed by atoms with Crippen molar-refractivity contribution in [2.75, 3.05) is 20.1 Å². The van der Waals surface area contributed by atoms with Gasteiger partial charge in [-0.25, -0.2) is 0 Å². The standard InChI is InChI=1S/C8H14N2O/c1-5-6-3-10(2)4-7(5)9-8(6)11/h5-7H,3-4H2,1-2H3,(H,9,11). The predicted molar refractivity (Wildman–Crippen MR) is 42.1 cm³/mol. The Morgan fingerprint density at radius 3 is 2.91 bits per heavy atom. The number of piperidine rings is 1. The van der Waals surface area contributed by atoms with Crippen LogP contribution in [0.25, 0.3) is 0 Å². The summed E-state index contributed by atoms with van der Waals surface area (Å²) in [6.45, 7) is 4.12. The molecule has 2 heterocycles. The summed E-state index contributed by atoms with van der Waals surface area (Å²) in [6.07, 6.45) is 0. The number of nitrogens with zero attached hydrogens (tertiary/aromatic N) is 1. The topological polar surface area (TPSA) is 32.3 Å². The van der Waals surface area contributed by atoms with Gasteiger partial charge in [-0.15, -0.1) is 0 Å². The molecule has 0 aromatic carbocycles. The summed E-state index contributed by atoms with van der Waals surface area (Å²) >= 11 is 0. The molecule has 0 aromatic rings. The summed E-state index contributed by atoms with van der Waals surface area (Å²) < 4.78 is 0. The average molecular weight is 154 g/mol. The third-order valence-corrected chi connectivity index (χ3v) is 2.95. The normalized spacial score (nSPS) is 44.2. The van der Waals surface area contributed by atoms with Crippen molar-refractivity contribution in [3.05, 3.63) is 0 Å². The zero-order valence-electron chi connectivity index (χ0n) is 7.00. The maximum absolute atomic E-state index is 11.3. The number of hydrogen-bond acceptors (Lipinski definition) is 2. The summed E-state index contributed by atoms with van der Waals surface area (Å²) in [5.74, 6) is 1.05. The number of rotatable bonds is 0. The minimum absolute atomic E-state index is 0.249. The van der Waals surface area contributed by atoms with Gasteiger partial charge in [-0.2, -0.15) is 0 Å². The Kier molecular flexibility index (Phi) is 1.42. The maximum atomic E-state index is 11.3. The molecule has 2 rings (SSSR count).